The molecule has 174 valence electrons. The summed E-state index contributed by atoms with van der Waals surface area (Å²) in [5, 5.41) is 10.2. The minimum atomic E-state index is -0.180. The van der Waals surface area contributed by atoms with Crippen molar-refractivity contribution in [2.24, 2.45) is 0 Å². The third-order valence-electron chi connectivity index (χ3n) is 6.46. The van der Waals surface area contributed by atoms with Crippen LogP contribution in [0.4, 0.5) is 0 Å². The number of ether oxygens (including phenoxy) is 1. The van der Waals surface area contributed by atoms with Gasteiger partial charge < -0.3 is 4.74 Å². The summed E-state index contributed by atoms with van der Waals surface area (Å²) in [5.74, 6) is 1.57. The molecule has 7 rings (SSSR count). The van der Waals surface area contributed by atoms with Crippen molar-refractivity contribution < 1.29 is 4.74 Å². The van der Waals surface area contributed by atoms with Crippen LogP contribution < -0.4 is 4.74 Å². The molecule has 0 N–H and O–H groups in total. The van der Waals surface area contributed by atoms with E-state index in [-0.39, 0.29) is 5.92 Å². The Morgan fingerprint density at radius 2 is 1.56 bits per heavy atom. The predicted molar refractivity (Wildman–Crippen MR) is 137 cm³/mol. The Bertz CT molecular complexity index is 1730. The second-order valence-corrected chi connectivity index (χ2v) is 9.11. The number of hydrogen-bond donors (Lipinski definition) is 0. The topological polar surface area (TPSA) is 70.1 Å². The maximum atomic E-state index is 6.47. The Hall–Kier alpha value is -4.49. The zero-order valence-electron chi connectivity index (χ0n) is 19.2. The van der Waals surface area contributed by atoms with Gasteiger partial charge in [-0.2, -0.15) is 5.10 Å². The molecule has 4 heterocycles. The molecule has 8 heteroatoms. The van der Waals surface area contributed by atoms with E-state index in [1.165, 1.54) is 0 Å². The summed E-state index contributed by atoms with van der Waals surface area (Å²) in [6.07, 6.45) is 1.64. The minimum absolute atomic E-state index is 0.180. The van der Waals surface area contributed by atoms with Gasteiger partial charge >= 0.3 is 0 Å². The van der Waals surface area contributed by atoms with Crippen molar-refractivity contribution >= 4 is 17.2 Å². The standard InChI is InChI=1S/C28H19ClN6O/c1-17-22-23(18-8-4-2-5-9-18)24-26-31-25(19-12-14-20(29)15-13-19)33-34(26)16-30-27(24)36-28(22)35(32-17)21-10-6-3-7-11-21/h2-16,23H,1H3. The lowest BCUT2D eigenvalue weighted by Gasteiger charge is -2.26. The summed E-state index contributed by atoms with van der Waals surface area (Å²) < 4.78 is 10.0. The Kier molecular flexibility index (Phi) is 4.65. The lowest BCUT2D eigenvalue weighted by atomic mass is 9.84. The highest BCUT2D eigenvalue weighted by Gasteiger charge is 2.38. The smallest absolute Gasteiger partial charge is 0.230 e. The monoisotopic (exact) mass is 490 g/mol. The van der Waals surface area contributed by atoms with Crippen LogP contribution in [-0.4, -0.2) is 29.4 Å². The number of aromatic nitrogens is 6. The van der Waals surface area contributed by atoms with E-state index >= 15 is 0 Å². The van der Waals surface area contributed by atoms with Gasteiger partial charge in [0.15, 0.2) is 11.5 Å². The number of para-hydroxylation sites is 1. The van der Waals surface area contributed by atoms with E-state index in [0.717, 1.165) is 33.6 Å². The molecule has 3 aromatic heterocycles. The van der Waals surface area contributed by atoms with Crippen molar-refractivity contribution in [3.05, 3.63) is 119 Å². The van der Waals surface area contributed by atoms with Crippen LogP contribution in [0, 0.1) is 6.92 Å². The average Bonchev–Trinajstić information content (AvgIpc) is 3.50. The molecule has 7 nitrogen and oxygen atoms in total. The Morgan fingerprint density at radius 3 is 2.31 bits per heavy atom. The van der Waals surface area contributed by atoms with E-state index in [4.69, 9.17) is 31.5 Å². The lowest BCUT2D eigenvalue weighted by Crippen LogP contribution is -2.16. The molecular weight excluding hydrogens is 472 g/mol. The summed E-state index contributed by atoms with van der Waals surface area (Å²) in [7, 11) is 0. The number of benzene rings is 3. The number of fused-ring (bicyclic) bond motifs is 4. The molecule has 3 aromatic carbocycles. The first-order valence-corrected chi connectivity index (χ1v) is 11.9. The third kappa shape index (κ3) is 3.21. The summed E-state index contributed by atoms with van der Waals surface area (Å²) in [4.78, 5) is 9.59. The van der Waals surface area contributed by atoms with Crippen LogP contribution >= 0.6 is 11.6 Å². The van der Waals surface area contributed by atoms with E-state index in [0.29, 0.717) is 28.3 Å². The lowest BCUT2D eigenvalue weighted by molar-refractivity contribution is 0.402. The molecular formula is C28H19ClN6O. The Morgan fingerprint density at radius 1 is 0.833 bits per heavy atom. The first-order valence-electron chi connectivity index (χ1n) is 11.6. The van der Waals surface area contributed by atoms with E-state index in [1.54, 1.807) is 10.8 Å². The van der Waals surface area contributed by atoms with Crippen LogP contribution in [0.5, 0.6) is 11.8 Å². The van der Waals surface area contributed by atoms with Crippen LogP contribution in [0.3, 0.4) is 0 Å². The second kappa shape index (κ2) is 8.03. The van der Waals surface area contributed by atoms with Crippen molar-refractivity contribution in [3.63, 3.8) is 0 Å². The van der Waals surface area contributed by atoms with Crippen molar-refractivity contribution in [2.45, 2.75) is 12.8 Å². The van der Waals surface area contributed by atoms with Gasteiger partial charge in [-0.25, -0.2) is 19.2 Å². The number of hydrogen-bond acceptors (Lipinski definition) is 5. The van der Waals surface area contributed by atoms with Gasteiger partial charge in [0.2, 0.25) is 11.8 Å². The van der Waals surface area contributed by atoms with Gasteiger partial charge in [0.05, 0.1) is 28.4 Å². The van der Waals surface area contributed by atoms with Gasteiger partial charge in [-0.05, 0) is 48.9 Å². The molecule has 36 heavy (non-hydrogen) atoms. The molecule has 1 atom stereocenters. The fourth-order valence-electron chi connectivity index (χ4n) is 4.82. The summed E-state index contributed by atoms with van der Waals surface area (Å²) in [6, 6.07) is 27.8. The van der Waals surface area contributed by atoms with Crippen LogP contribution in [0.15, 0.2) is 91.3 Å². The van der Waals surface area contributed by atoms with Crippen molar-refractivity contribution in [1.82, 2.24) is 29.4 Å². The van der Waals surface area contributed by atoms with Crippen LogP contribution in [0.25, 0.3) is 22.7 Å². The number of aryl methyl sites for hydroxylation is 1. The molecule has 1 unspecified atom stereocenters. The quantitative estimate of drug-likeness (QED) is 0.294. The van der Waals surface area contributed by atoms with Gasteiger partial charge in [-0.15, -0.1) is 5.10 Å². The van der Waals surface area contributed by atoms with Gasteiger partial charge in [0, 0.05) is 10.6 Å². The Balaban J connectivity index is 1.48. The first kappa shape index (κ1) is 20.8. The molecule has 0 fully saturated rings. The minimum Gasteiger partial charge on any atom is -0.420 e. The van der Waals surface area contributed by atoms with Crippen molar-refractivity contribution in [3.8, 4) is 28.8 Å². The predicted octanol–water partition coefficient (Wildman–Crippen LogP) is 6.22. The van der Waals surface area contributed by atoms with E-state index in [9.17, 15) is 0 Å². The molecule has 0 bridgehead atoms. The molecule has 0 spiro atoms. The highest BCUT2D eigenvalue weighted by atomic mass is 35.5. The van der Waals surface area contributed by atoms with Gasteiger partial charge in [-0.1, -0.05) is 60.1 Å². The summed E-state index contributed by atoms with van der Waals surface area (Å²) in [6.45, 7) is 2.01. The van der Waals surface area contributed by atoms with E-state index in [1.807, 2.05) is 84.4 Å². The normalized spacial score (nSPS) is 14.3. The van der Waals surface area contributed by atoms with Crippen LogP contribution in [0.1, 0.15) is 28.3 Å². The van der Waals surface area contributed by atoms with Gasteiger partial charge in [0.25, 0.3) is 0 Å². The van der Waals surface area contributed by atoms with E-state index < -0.39 is 0 Å². The maximum Gasteiger partial charge on any atom is 0.230 e. The highest BCUT2D eigenvalue weighted by Crippen LogP contribution is 2.49. The largest absolute Gasteiger partial charge is 0.420 e. The van der Waals surface area contributed by atoms with Crippen molar-refractivity contribution in [1.29, 1.82) is 0 Å². The summed E-state index contributed by atoms with van der Waals surface area (Å²) in [5.41, 5.74) is 6.32. The highest BCUT2D eigenvalue weighted by molar-refractivity contribution is 6.30. The number of nitrogens with zero attached hydrogens (tertiary/aromatic N) is 6. The molecule has 0 saturated heterocycles. The molecule has 0 aliphatic carbocycles. The summed E-state index contributed by atoms with van der Waals surface area (Å²) >= 11 is 6.09. The molecule has 0 radical (unpaired) electrons. The SMILES string of the molecule is Cc1nn(-c2ccccc2)c2c1C(c1ccccc1)c1c(ncn3nc(-c4ccc(Cl)cc4)nc13)O2. The molecule has 1 aliphatic heterocycles. The third-order valence-corrected chi connectivity index (χ3v) is 6.71. The Labute approximate surface area is 211 Å². The molecule has 0 amide bonds. The van der Waals surface area contributed by atoms with Crippen LogP contribution in [-0.2, 0) is 0 Å². The van der Waals surface area contributed by atoms with Gasteiger partial charge in [0.1, 0.15) is 6.33 Å². The fraction of sp³-hybridized carbons (Fsp3) is 0.0714. The fourth-order valence-corrected chi connectivity index (χ4v) is 4.95. The number of rotatable bonds is 3. The molecule has 1 aliphatic rings. The zero-order valence-corrected chi connectivity index (χ0v) is 20.0. The molecule has 0 saturated carbocycles. The van der Waals surface area contributed by atoms with Crippen LogP contribution in [0.2, 0.25) is 5.02 Å². The average molecular weight is 491 g/mol. The second-order valence-electron chi connectivity index (χ2n) is 8.67. The zero-order chi connectivity index (χ0) is 24.2. The first-order chi connectivity index (χ1) is 17.7. The number of halogens is 1. The molecule has 6 aromatic rings. The van der Waals surface area contributed by atoms with Crippen molar-refractivity contribution in [2.75, 3.05) is 0 Å². The maximum absolute atomic E-state index is 6.47. The van der Waals surface area contributed by atoms with E-state index in [2.05, 4.69) is 17.1 Å². The van der Waals surface area contributed by atoms with Gasteiger partial charge in [-0.3, -0.25) is 0 Å².